The van der Waals surface area contributed by atoms with E-state index in [4.69, 9.17) is 4.74 Å². The predicted molar refractivity (Wildman–Crippen MR) is 73.7 cm³/mol. The Labute approximate surface area is 112 Å². The Morgan fingerprint density at radius 1 is 1.16 bits per heavy atom. The average molecular weight is 264 g/mol. The number of rotatable bonds is 5. The van der Waals surface area contributed by atoms with Gasteiger partial charge in [0.1, 0.15) is 0 Å². The molecule has 104 valence electrons. The van der Waals surface area contributed by atoms with Gasteiger partial charge in [-0.2, -0.15) is 15.0 Å². The van der Waals surface area contributed by atoms with E-state index in [0.717, 1.165) is 38.8 Å². The zero-order valence-electron chi connectivity index (χ0n) is 11.2. The van der Waals surface area contributed by atoms with Crippen LogP contribution < -0.4 is 15.5 Å². The molecule has 2 N–H and O–H groups in total. The van der Waals surface area contributed by atoms with Crippen LogP contribution >= 0.6 is 0 Å². The maximum Gasteiger partial charge on any atom is 0.232 e. The maximum absolute atomic E-state index is 5.36. The number of nitrogens with zero attached hydrogens (tertiary/aromatic N) is 4. The van der Waals surface area contributed by atoms with Crippen molar-refractivity contribution in [3.63, 3.8) is 0 Å². The Hall–Kier alpha value is -1.63. The first kappa shape index (κ1) is 12.4. The van der Waals surface area contributed by atoms with Crippen molar-refractivity contribution in [1.82, 2.24) is 15.0 Å². The van der Waals surface area contributed by atoms with Crippen LogP contribution in [0, 0.1) is 0 Å². The zero-order valence-corrected chi connectivity index (χ0v) is 11.2. The van der Waals surface area contributed by atoms with Gasteiger partial charge in [0.05, 0.1) is 13.2 Å². The van der Waals surface area contributed by atoms with E-state index in [0.29, 0.717) is 17.9 Å². The van der Waals surface area contributed by atoms with Crippen LogP contribution in [0.15, 0.2) is 0 Å². The normalized spacial score (nSPS) is 19.3. The minimum atomic E-state index is 0.536. The molecule has 1 aromatic rings. The maximum atomic E-state index is 5.36. The van der Waals surface area contributed by atoms with Gasteiger partial charge in [-0.3, -0.25) is 0 Å². The van der Waals surface area contributed by atoms with Crippen LogP contribution in [0.25, 0.3) is 0 Å². The van der Waals surface area contributed by atoms with Crippen LogP contribution in [-0.4, -0.2) is 53.8 Å². The molecule has 7 heteroatoms. The second-order valence-electron chi connectivity index (χ2n) is 4.83. The molecule has 19 heavy (non-hydrogen) atoms. The van der Waals surface area contributed by atoms with E-state index < -0.39 is 0 Å². The van der Waals surface area contributed by atoms with Gasteiger partial charge in [0, 0.05) is 25.7 Å². The van der Waals surface area contributed by atoms with Gasteiger partial charge in [-0.1, -0.05) is 0 Å². The van der Waals surface area contributed by atoms with E-state index in [9.17, 15) is 0 Å². The van der Waals surface area contributed by atoms with E-state index in [1.165, 1.54) is 12.8 Å². The molecule has 7 nitrogen and oxygen atoms in total. The lowest BCUT2D eigenvalue weighted by atomic mass is 10.4. The molecule has 1 aliphatic carbocycles. The molecule has 3 rings (SSSR count). The van der Waals surface area contributed by atoms with Gasteiger partial charge in [-0.05, 0) is 19.8 Å². The minimum absolute atomic E-state index is 0.536. The fraction of sp³-hybridized carbons (Fsp3) is 0.750. The van der Waals surface area contributed by atoms with Crippen molar-refractivity contribution >= 4 is 17.8 Å². The Balaban J connectivity index is 1.80. The van der Waals surface area contributed by atoms with Crippen molar-refractivity contribution < 1.29 is 4.74 Å². The molecule has 0 aromatic carbocycles. The molecule has 0 amide bonds. The van der Waals surface area contributed by atoms with Gasteiger partial charge in [-0.25, -0.2) is 0 Å². The molecule has 0 radical (unpaired) electrons. The molecule has 1 saturated heterocycles. The van der Waals surface area contributed by atoms with Crippen LogP contribution in [0.2, 0.25) is 0 Å². The predicted octanol–water partition coefficient (Wildman–Crippen LogP) is 0.714. The number of morpholine rings is 1. The molecule has 2 heterocycles. The second kappa shape index (κ2) is 5.56. The number of hydrogen-bond donors (Lipinski definition) is 2. The van der Waals surface area contributed by atoms with Crippen molar-refractivity contribution in [2.75, 3.05) is 48.4 Å². The van der Waals surface area contributed by atoms with E-state index in [1.54, 1.807) is 0 Å². The summed E-state index contributed by atoms with van der Waals surface area (Å²) in [7, 11) is 0. The average Bonchev–Trinajstić information content (AvgIpc) is 3.24. The summed E-state index contributed by atoms with van der Waals surface area (Å²) in [5.41, 5.74) is 0. The molecule has 0 spiro atoms. The summed E-state index contributed by atoms with van der Waals surface area (Å²) in [5, 5.41) is 6.49. The molecular weight excluding hydrogens is 244 g/mol. The fourth-order valence-electron chi connectivity index (χ4n) is 1.98. The smallest absolute Gasteiger partial charge is 0.232 e. The molecule has 0 atom stereocenters. The zero-order chi connectivity index (χ0) is 13.1. The summed E-state index contributed by atoms with van der Waals surface area (Å²) < 4.78 is 5.36. The van der Waals surface area contributed by atoms with Crippen molar-refractivity contribution in [2.24, 2.45) is 0 Å². The summed E-state index contributed by atoms with van der Waals surface area (Å²) in [4.78, 5) is 15.5. The number of aromatic nitrogens is 3. The van der Waals surface area contributed by atoms with Gasteiger partial charge in [0.15, 0.2) is 0 Å². The largest absolute Gasteiger partial charge is 0.378 e. The first-order valence-corrected chi connectivity index (χ1v) is 6.94. The van der Waals surface area contributed by atoms with Crippen molar-refractivity contribution in [3.05, 3.63) is 0 Å². The van der Waals surface area contributed by atoms with Crippen molar-refractivity contribution in [1.29, 1.82) is 0 Å². The fourth-order valence-corrected chi connectivity index (χ4v) is 1.98. The second-order valence-corrected chi connectivity index (χ2v) is 4.83. The third kappa shape index (κ3) is 3.23. The van der Waals surface area contributed by atoms with Crippen molar-refractivity contribution in [3.8, 4) is 0 Å². The highest BCUT2D eigenvalue weighted by atomic mass is 16.5. The van der Waals surface area contributed by atoms with E-state index in [2.05, 4.69) is 30.5 Å². The highest BCUT2D eigenvalue weighted by molar-refractivity contribution is 5.44. The van der Waals surface area contributed by atoms with E-state index >= 15 is 0 Å². The highest BCUT2D eigenvalue weighted by Crippen LogP contribution is 2.24. The molecule has 1 saturated carbocycles. The highest BCUT2D eigenvalue weighted by Gasteiger charge is 2.23. The Bertz CT molecular complexity index is 430. The van der Waals surface area contributed by atoms with Crippen LogP contribution in [0.3, 0.4) is 0 Å². The summed E-state index contributed by atoms with van der Waals surface area (Å²) in [5.74, 6) is 2.05. The molecular formula is C12H20N6O. The molecule has 2 aliphatic rings. The summed E-state index contributed by atoms with van der Waals surface area (Å²) in [6, 6.07) is 0.536. The molecule has 1 aliphatic heterocycles. The van der Waals surface area contributed by atoms with Crippen LogP contribution in [0.5, 0.6) is 0 Å². The molecule has 0 unspecified atom stereocenters. The number of nitrogens with one attached hydrogen (secondary N) is 2. The molecule has 1 aromatic heterocycles. The van der Waals surface area contributed by atoms with Gasteiger partial charge >= 0.3 is 0 Å². The SMILES string of the molecule is CCNc1nc(NC2CC2)nc(N2CCOCC2)n1. The first-order valence-electron chi connectivity index (χ1n) is 6.94. The lowest BCUT2D eigenvalue weighted by Gasteiger charge is -2.27. The summed E-state index contributed by atoms with van der Waals surface area (Å²) in [6.45, 7) is 5.96. The van der Waals surface area contributed by atoms with Gasteiger partial charge < -0.3 is 20.3 Å². The van der Waals surface area contributed by atoms with E-state index in [1.807, 2.05) is 6.92 Å². The summed E-state index contributed by atoms with van der Waals surface area (Å²) in [6.07, 6.45) is 2.41. The Morgan fingerprint density at radius 2 is 1.89 bits per heavy atom. The lowest BCUT2D eigenvalue weighted by Crippen LogP contribution is -2.37. The third-order valence-electron chi connectivity index (χ3n) is 3.16. The van der Waals surface area contributed by atoms with Crippen LogP contribution in [-0.2, 0) is 4.74 Å². The van der Waals surface area contributed by atoms with E-state index in [-0.39, 0.29) is 0 Å². The number of ether oxygens (including phenoxy) is 1. The van der Waals surface area contributed by atoms with Crippen LogP contribution in [0.4, 0.5) is 17.8 Å². The quantitative estimate of drug-likeness (QED) is 0.811. The van der Waals surface area contributed by atoms with Gasteiger partial charge in [0.2, 0.25) is 17.8 Å². The first-order chi connectivity index (χ1) is 9.35. The number of hydrogen-bond acceptors (Lipinski definition) is 7. The molecule has 2 fully saturated rings. The molecule has 0 bridgehead atoms. The Morgan fingerprint density at radius 3 is 2.58 bits per heavy atom. The topological polar surface area (TPSA) is 75.2 Å². The lowest BCUT2D eigenvalue weighted by molar-refractivity contribution is 0.122. The third-order valence-corrected chi connectivity index (χ3v) is 3.16. The van der Waals surface area contributed by atoms with Crippen molar-refractivity contribution in [2.45, 2.75) is 25.8 Å². The van der Waals surface area contributed by atoms with Gasteiger partial charge in [-0.15, -0.1) is 0 Å². The number of anilines is 3. The standard InChI is InChI=1S/C12H20N6O/c1-2-13-10-15-11(14-9-3-4-9)17-12(16-10)18-5-7-19-8-6-18/h9H,2-8H2,1H3,(H2,13,14,15,16,17). The van der Waals surface area contributed by atoms with Gasteiger partial charge in [0.25, 0.3) is 0 Å². The monoisotopic (exact) mass is 264 g/mol. The summed E-state index contributed by atoms with van der Waals surface area (Å²) >= 11 is 0. The Kier molecular flexibility index (Phi) is 3.63. The van der Waals surface area contributed by atoms with Crippen LogP contribution in [0.1, 0.15) is 19.8 Å². The minimum Gasteiger partial charge on any atom is -0.378 e.